The summed E-state index contributed by atoms with van der Waals surface area (Å²) in [4.78, 5) is 13.6. The van der Waals surface area contributed by atoms with Crippen LogP contribution in [0.2, 0.25) is 0 Å². The summed E-state index contributed by atoms with van der Waals surface area (Å²) in [5, 5.41) is 0. The molecule has 76 valence electrons. The van der Waals surface area contributed by atoms with Crippen LogP contribution in [0.25, 0.3) is 0 Å². The van der Waals surface area contributed by atoms with Gasteiger partial charge in [-0.25, -0.2) is 0 Å². The maximum atomic E-state index is 11.5. The molecule has 0 N–H and O–H groups in total. The number of likely N-dealkylation sites (N-methyl/N-ethyl adjacent to an activating group) is 1. The van der Waals surface area contributed by atoms with Gasteiger partial charge in [-0.3, -0.25) is 9.69 Å². The van der Waals surface area contributed by atoms with E-state index in [1.807, 2.05) is 7.05 Å². The van der Waals surface area contributed by atoms with Gasteiger partial charge in [0.1, 0.15) is 5.78 Å². The molecule has 1 aliphatic rings. The summed E-state index contributed by atoms with van der Waals surface area (Å²) in [6, 6.07) is 0.156. The van der Waals surface area contributed by atoms with Crippen LogP contribution in [0.4, 0.5) is 0 Å². The van der Waals surface area contributed by atoms with Crippen molar-refractivity contribution in [1.82, 2.24) is 4.90 Å². The molecule has 1 fully saturated rings. The van der Waals surface area contributed by atoms with Gasteiger partial charge in [0, 0.05) is 20.1 Å². The second kappa shape index (κ2) is 5.35. The number of hydrogen-bond acceptors (Lipinski definition) is 3. The summed E-state index contributed by atoms with van der Waals surface area (Å²) >= 11 is 0. The van der Waals surface area contributed by atoms with Gasteiger partial charge in [0.05, 0.1) is 12.6 Å². The molecule has 0 aromatic rings. The van der Waals surface area contributed by atoms with E-state index < -0.39 is 0 Å². The molecule has 0 amide bonds. The first-order chi connectivity index (χ1) is 6.25. The van der Waals surface area contributed by atoms with Gasteiger partial charge in [-0.1, -0.05) is 6.42 Å². The maximum absolute atomic E-state index is 11.5. The number of carbonyl (C=O) groups excluding carboxylic acids is 1. The van der Waals surface area contributed by atoms with Gasteiger partial charge in [0.15, 0.2) is 0 Å². The van der Waals surface area contributed by atoms with Crippen LogP contribution in [-0.2, 0) is 9.53 Å². The van der Waals surface area contributed by atoms with E-state index >= 15 is 0 Å². The van der Waals surface area contributed by atoms with Crippen molar-refractivity contribution < 1.29 is 9.53 Å². The zero-order chi connectivity index (χ0) is 9.68. The van der Waals surface area contributed by atoms with Gasteiger partial charge in [-0.2, -0.15) is 0 Å². The standard InChI is InChI=1S/C10H19NO2/c1-11(7-8-13-2)9-5-3-4-6-10(9)12/h9H,3-8H2,1-2H3. The van der Waals surface area contributed by atoms with Gasteiger partial charge in [-0.15, -0.1) is 0 Å². The number of Topliss-reactive ketones (excluding diaryl/α,β-unsaturated/α-hetero) is 1. The van der Waals surface area contributed by atoms with Crippen LogP contribution < -0.4 is 0 Å². The molecule has 0 radical (unpaired) electrons. The van der Waals surface area contributed by atoms with Crippen LogP contribution >= 0.6 is 0 Å². The molecule has 3 nitrogen and oxygen atoms in total. The molecule has 0 aromatic heterocycles. The Kier molecular flexibility index (Phi) is 4.39. The highest BCUT2D eigenvalue weighted by molar-refractivity contribution is 5.84. The van der Waals surface area contributed by atoms with E-state index in [9.17, 15) is 4.79 Å². The molecule has 0 saturated heterocycles. The number of rotatable bonds is 4. The average Bonchev–Trinajstić information content (AvgIpc) is 2.15. The Morgan fingerprint density at radius 2 is 2.31 bits per heavy atom. The highest BCUT2D eigenvalue weighted by Crippen LogP contribution is 2.18. The SMILES string of the molecule is COCCN(C)C1CCCCC1=O. The lowest BCUT2D eigenvalue weighted by Crippen LogP contribution is -2.41. The van der Waals surface area contributed by atoms with E-state index in [4.69, 9.17) is 4.74 Å². The van der Waals surface area contributed by atoms with Crippen molar-refractivity contribution in [2.75, 3.05) is 27.3 Å². The van der Waals surface area contributed by atoms with Crippen LogP contribution in [0, 0.1) is 0 Å². The monoisotopic (exact) mass is 185 g/mol. The second-order valence-corrected chi connectivity index (χ2v) is 3.70. The first kappa shape index (κ1) is 10.7. The molecule has 0 aliphatic heterocycles. The van der Waals surface area contributed by atoms with E-state index in [1.54, 1.807) is 7.11 Å². The third-order valence-electron chi connectivity index (χ3n) is 2.70. The van der Waals surface area contributed by atoms with E-state index in [1.165, 1.54) is 6.42 Å². The molecule has 1 unspecified atom stereocenters. The quantitative estimate of drug-likeness (QED) is 0.656. The summed E-state index contributed by atoms with van der Waals surface area (Å²) < 4.78 is 4.99. The first-order valence-electron chi connectivity index (χ1n) is 4.97. The average molecular weight is 185 g/mol. The van der Waals surface area contributed by atoms with Gasteiger partial charge in [0.2, 0.25) is 0 Å². The first-order valence-corrected chi connectivity index (χ1v) is 4.97. The molecule has 0 heterocycles. The number of methoxy groups -OCH3 is 1. The van der Waals surface area contributed by atoms with Crippen LogP contribution in [0.3, 0.4) is 0 Å². The summed E-state index contributed by atoms with van der Waals surface area (Å²) in [7, 11) is 3.70. The Hall–Kier alpha value is -0.410. The summed E-state index contributed by atoms with van der Waals surface area (Å²) in [6.07, 6.45) is 4.06. The fourth-order valence-corrected chi connectivity index (χ4v) is 1.82. The topological polar surface area (TPSA) is 29.5 Å². The highest BCUT2D eigenvalue weighted by atomic mass is 16.5. The fourth-order valence-electron chi connectivity index (χ4n) is 1.82. The lowest BCUT2D eigenvalue weighted by molar-refractivity contribution is -0.125. The van der Waals surface area contributed by atoms with Crippen molar-refractivity contribution in [2.24, 2.45) is 0 Å². The maximum Gasteiger partial charge on any atom is 0.149 e. The number of carbonyl (C=O) groups is 1. The predicted octanol–water partition coefficient (Wildman–Crippen LogP) is 1.08. The van der Waals surface area contributed by atoms with Crippen LogP contribution in [0.1, 0.15) is 25.7 Å². The molecular weight excluding hydrogens is 166 g/mol. The smallest absolute Gasteiger partial charge is 0.149 e. The van der Waals surface area contributed by atoms with E-state index in [2.05, 4.69) is 4.90 Å². The normalized spacial score (nSPS) is 23.9. The van der Waals surface area contributed by atoms with Crippen molar-refractivity contribution in [3.63, 3.8) is 0 Å². The number of ketones is 1. The molecule has 1 rings (SSSR count). The molecule has 13 heavy (non-hydrogen) atoms. The number of ether oxygens (including phenoxy) is 1. The summed E-state index contributed by atoms with van der Waals surface area (Å²) in [5.74, 6) is 0.407. The second-order valence-electron chi connectivity index (χ2n) is 3.70. The zero-order valence-electron chi connectivity index (χ0n) is 8.58. The third kappa shape index (κ3) is 3.08. The Balaban J connectivity index is 2.34. The van der Waals surface area contributed by atoms with Crippen molar-refractivity contribution >= 4 is 5.78 Å². The Morgan fingerprint density at radius 3 is 2.92 bits per heavy atom. The van der Waals surface area contributed by atoms with Gasteiger partial charge >= 0.3 is 0 Å². The molecule has 1 saturated carbocycles. The van der Waals surface area contributed by atoms with Crippen LogP contribution in [0.15, 0.2) is 0 Å². The third-order valence-corrected chi connectivity index (χ3v) is 2.70. The molecule has 0 spiro atoms. The minimum absolute atomic E-state index is 0.156. The van der Waals surface area contributed by atoms with Crippen LogP contribution in [0.5, 0.6) is 0 Å². The predicted molar refractivity (Wildman–Crippen MR) is 51.8 cm³/mol. The molecule has 0 aromatic carbocycles. The van der Waals surface area contributed by atoms with Gasteiger partial charge in [-0.05, 0) is 19.9 Å². The minimum atomic E-state index is 0.156. The van der Waals surface area contributed by atoms with Gasteiger partial charge < -0.3 is 4.74 Å². The molecule has 3 heteroatoms. The van der Waals surface area contributed by atoms with Crippen molar-refractivity contribution in [3.8, 4) is 0 Å². The summed E-state index contributed by atoms with van der Waals surface area (Å²) in [6.45, 7) is 1.56. The van der Waals surface area contributed by atoms with Crippen molar-refractivity contribution in [1.29, 1.82) is 0 Å². The largest absolute Gasteiger partial charge is 0.383 e. The lowest BCUT2D eigenvalue weighted by atomic mass is 9.93. The number of hydrogen-bond donors (Lipinski definition) is 0. The molecular formula is C10H19NO2. The minimum Gasteiger partial charge on any atom is -0.383 e. The molecule has 0 bridgehead atoms. The van der Waals surface area contributed by atoms with E-state index in [0.717, 1.165) is 25.8 Å². The highest BCUT2D eigenvalue weighted by Gasteiger charge is 2.25. The lowest BCUT2D eigenvalue weighted by Gasteiger charge is -2.29. The van der Waals surface area contributed by atoms with Crippen molar-refractivity contribution in [3.05, 3.63) is 0 Å². The molecule has 1 aliphatic carbocycles. The summed E-state index contributed by atoms with van der Waals surface area (Å²) in [5.41, 5.74) is 0. The van der Waals surface area contributed by atoms with Gasteiger partial charge in [0.25, 0.3) is 0 Å². The Labute approximate surface area is 80.1 Å². The van der Waals surface area contributed by atoms with E-state index in [-0.39, 0.29) is 6.04 Å². The molecule has 1 atom stereocenters. The Morgan fingerprint density at radius 1 is 1.54 bits per heavy atom. The Bertz CT molecular complexity index is 170. The number of nitrogens with zero attached hydrogens (tertiary/aromatic N) is 1. The fraction of sp³-hybridized carbons (Fsp3) is 0.900. The van der Waals surface area contributed by atoms with E-state index in [0.29, 0.717) is 12.4 Å². The van der Waals surface area contributed by atoms with Crippen LogP contribution in [-0.4, -0.2) is 44.0 Å². The van der Waals surface area contributed by atoms with Crippen molar-refractivity contribution in [2.45, 2.75) is 31.7 Å². The zero-order valence-corrected chi connectivity index (χ0v) is 8.58.